The van der Waals surface area contributed by atoms with E-state index < -0.39 is 0 Å². The number of aliphatic hydroxyl groups is 1. The summed E-state index contributed by atoms with van der Waals surface area (Å²) in [7, 11) is 0. The molecule has 2 N–H and O–H groups in total. The van der Waals surface area contributed by atoms with Gasteiger partial charge in [0.1, 0.15) is 0 Å². The van der Waals surface area contributed by atoms with Crippen LogP contribution in [0.15, 0.2) is 30.3 Å². The van der Waals surface area contributed by atoms with Gasteiger partial charge in [0, 0.05) is 22.7 Å². The zero-order valence-corrected chi connectivity index (χ0v) is 12.6. The molecule has 1 aromatic carbocycles. The maximum Gasteiger partial charge on any atom is 0.0482 e. The van der Waals surface area contributed by atoms with E-state index in [2.05, 4.69) is 49.5 Å². The fourth-order valence-electron chi connectivity index (χ4n) is 2.11. The first-order chi connectivity index (χ1) is 9.11. The van der Waals surface area contributed by atoms with Crippen molar-refractivity contribution in [2.75, 3.05) is 13.2 Å². The third-order valence-corrected chi connectivity index (χ3v) is 4.53. The van der Waals surface area contributed by atoms with Gasteiger partial charge in [-0.1, -0.05) is 32.0 Å². The van der Waals surface area contributed by atoms with E-state index in [4.69, 9.17) is 0 Å². The Hall–Kier alpha value is -0.900. The molecular weight excluding hydrogens is 254 g/mol. The molecule has 0 aliphatic carbocycles. The molecule has 2 nitrogen and oxygen atoms in total. The number of nitrogens with one attached hydrogen (secondary N) is 1. The van der Waals surface area contributed by atoms with Crippen LogP contribution < -0.4 is 5.32 Å². The number of hydrogen-bond acceptors (Lipinski definition) is 3. The summed E-state index contributed by atoms with van der Waals surface area (Å²) in [6, 6.07) is 10.8. The lowest BCUT2D eigenvalue weighted by Crippen LogP contribution is -2.20. The zero-order valence-electron chi connectivity index (χ0n) is 11.8. The summed E-state index contributed by atoms with van der Waals surface area (Å²) in [6.45, 7) is 6.44. The Balaban J connectivity index is 1.74. The summed E-state index contributed by atoms with van der Waals surface area (Å²) in [5.41, 5.74) is 0.0549. The number of benzene rings is 1. The first-order valence-corrected chi connectivity index (χ1v) is 7.71. The smallest absolute Gasteiger partial charge is 0.0482 e. The maximum atomic E-state index is 9.19. The molecular formula is C16H23NOS. The molecule has 0 aliphatic heterocycles. The minimum atomic E-state index is 0.0549. The summed E-state index contributed by atoms with van der Waals surface area (Å²) in [5.74, 6) is 0. The standard InChI is InChI=1S/C16H23NOS/c1-16(2,12-18)8-5-9-17-11-14-10-13-6-3-4-7-15(13)19-14/h3-4,6-7,10,17-18H,5,8-9,11-12H2,1-2H3. The minimum Gasteiger partial charge on any atom is -0.396 e. The quantitative estimate of drug-likeness (QED) is 0.755. The van der Waals surface area contributed by atoms with Gasteiger partial charge in [-0.2, -0.15) is 0 Å². The van der Waals surface area contributed by atoms with Crippen molar-refractivity contribution < 1.29 is 5.11 Å². The lowest BCUT2D eigenvalue weighted by Gasteiger charge is -2.21. The third-order valence-electron chi connectivity index (χ3n) is 3.41. The van der Waals surface area contributed by atoms with E-state index in [1.54, 1.807) is 0 Å². The van der Waals surface area contributed by atoms with Gasteiger partial charge < -0.3 is 10.4 Å². The van der Waals surface area contributed by atoms with Crippen LogP contribution in [0, 0.1) is 5.41 Å². The lowest BCUT2D eigenvalue weighted by atomic mass is 9.89. The van der Waals surface area contributed by atoms with Gasteiger partial charge in [-0.05, 0) is 42.3 Å². The summed E-state index contributed by atoms with van der Waals surface area (Å²) in [5, 5.41) is 14.0. The predicted octanol–water partition coefficient (Wildman–Crippen LogP) is 3.79. The average molecular weight is 277 g/mol. The number of fused-ring (bicyclic) bond motifs is 1. The number of rotatable bonds is 7. The zero-order chi connectivity index (χ0) is 13.7. The molecule has 0 amide bonds. The van der Waals surface area contributed by atoms with E-state index in [0.717, 1.165) is 25.9 Å². The molecule has 0 unspecified atom stereocenters. The van der Waals surface area contributed by atoms with Crippen LogP contribution in [0.4, 0.5) is 0 Å². The summed E-state index contributed by atoms with van der Waals surface area (Å²) in [6.07, 6.45) is 2.17. The number of aliphatic hydroxyl groups excluding tert-OH is 1. The van der Waals surface area contributed by atoms with E-state index in [0.29, 0.717) is 0 Å². The molecule has 3 heteroatoms. The largest absolute Gasteiger partial charge is 0.396 e. The Morgan fingerprint density at radius 2 is 2.05 bits per heavy atom. The highest BCUT2D eigenvalue weighted by Crippen LogP contribution is 2.25. The second-order valence-corrected chi connectivity index (χ2v) is 7.02. The molecule has 19 heavy (non-hydrogen) atoms. The Labute approximate surface area is 119 Å². The van der Waals surface area contributed by atoms with Crippen molar-refractivity contribution in [1.29, 1.82) is 0 Å². The SMILES string of the molecule is CC(C)(CO)CCCNCc1cc2ccccc2s1. The van der Waals surface area contributed by atoms with Gasteiger partial charge in [0.2, 0.25) is 0 Å². The predicted molar refractivity (Wildman–Crippen MR) is 83.6 cm³/mol. The molecule has 2 rings (SSSR count). The van der Waals surface area contributed by atoms with E-state index in [-0.39, 0.29) is 12.0 Å². The molecule has 0 atom stereocenters. The second-order valence-electron chi connectivity index (χ2n) is 5.85. The Kier molecular flexibility index (Phi) is 4.97. The molecule has 0 saturated heterocycles. The Morgan fingerprint density at radius 3 is 2.79 bits per heavy atom. The summed E-state index contributed by atoms with van der Waals surface area (Å²) in [4.78, 5) is 1.39. The van der Waals surface area contributed by atoms with Crippen LogP contribution in [0.25, 0.3) is 10.1 Å². The average Bonchev–Trinajstić information content (AvgIpc) is 2.81. The minimum absolute atomic E-state index is 0.0549. The fraction of sp³-hybridized carbons (Fsp3) is 0.500. The first-order valence-electron chi connectivity index (χ1n) is 6.90. The van der Waals surface area contributed by atoms with Crippen LogP contribution in [0.2, 0.25) is 0 Å². The topological polar surface area (TPSA) is 32.3 Å². The molecule has 2 aromatic rings. The van der Waals surface area contributed by atoms with Crippen LogP contribution in [0.3, 0.4) is 0 Å². The Bertz CT molecular complexity index is 485. The normalized spacial score (nSPS) is 12.2. The lowest BCUT2D eigenvalue weighted by molar-refractivity contribution is 0.148. The highest BCUT2D eigenvalue weighted by molar-refractivity contribution is 7.19. The molecule has 104 valence electrons. The van der Waals surface area contributed by atoms with Gasteiger partial charge >= 0.3 is 0 Å². The van der Waals surface area contributed by atoms with E-state index in [1.165, 1.54) is 15.0 Å². The van der Waals surface area contributed by atoms with Gasteiger partial charge in [0.15, 0.2) is 0 Å². The number of hydrogen-bond donors (Lipinski definition) is 2. The molecule has 0 radical (unpaired) electrons. The summed E-state index contributed by atoms with van der Waals surface area (Å²) >= 11 is 1.86. The van der Waals surface area contributed by atoms with Crippen molar-refractivity contribution in [3.05, 3.63) is 35.2 Å². The van der Waals surface area contributed by atoms with Gasteiger partial charge in [0.05, 0.1) is 0 Å². The molecule has 0 bridgehead atoms. The van der Waals surface area contributed by atoms with Crippen molar-refractivity contribution in [1.82, 2.24) is 5.32 Å². The van der Waals surface area contributed by atoms with E-state index in [9.17, 15) is 5.11 Å². The van der Waals surface area contributed by atoms with Crippen LogP contribution in [-0.4, -0.2) is 18.3 Å². The van der Waals surface area contributed by atoms with Crippen molar-refractivity contribution in [2.24, 2.45) is 5.41 Å². The van der Waals surface area contributed by atoms with Crippen molar-refractivity contribution >= 4 is 21.4 Å². The summed E-state index contributed by atoms with van der Waals surface area (Å²) < 4.78 is 1.36. The first kappa shape index (κ1) is 14.5. The highest BCUT2D eigenvalue weighted by Gasteiger charge is 2.15. The molecule has 1 heterocycles. The number of thiophene rings is 1. The second kappa shape index (κ2) is 6.51. The molecule has 0 saturated carbocycles. The van der Waals surface area contributed by atoms with Gasteiger partial charge in [-0.3, -0.25) is 0 Å². The van der Waals surface area contributed by atoms with E-state index >= 15 is 0 Å². The Morgan fingerprint density at radius 1 is 1.26 bits per heavy atom. The van der Waals surface area contributed by atoms with Gasteiger partial charge in [-0.25, -0.2) is 0 Å². The van der Waals surface area contributed by atoms with Gasteiger partial charge in [-0.15, -0.1) is 11.3 Å². The van der Waals surface area contributed by atoms with Crippen LogP contribution in [0.1, 0.15) is 31.6 Å². The van der Waals surface area contributed by atoms with Crippen molar-refractivity contribution in [2.45, 2.75) is 33.2 Å². The van der Waals surface area contributed by atoms with Crippen molar-refractivity contribution in [3.8, 4) is 0 Å². The third kappa shape index (κ3) is 4.30. The monoisotopic (exact) mass is 277 g/mol. The molecule has 0 fully saturated rings. The molecule has 0 spiro atoms. The van der Waals surface area contributed by atoms with Gasteiger partial charge in [0.25, 0.3) is 0 Å². The van der Waals surface area contributed by atoms with Crippen LogP contribution >= 0.6 is 11.3 Å². The van der Waals surface area contributed by atoms with Crippen LogP contribution in [-0.2, 0) is 6.54 Å². The fourth-order valence-corrected chi connectivity index (χ4v) is 3.14. The maximum absolute atomic E-state index is 9.19. The van der Waals surface area contributed by atoms with E-state index in [1.807, 2.05) is 11.3 Å². The van der Waals surface area contributed by atoms with Crippen molar-refractivity contribution in [3.63, 3.8) is 0 Å². The molecule has 0 aliphatic rings. The molecule has 1 aromatic heterocycles. The highest BCUT2D eigenvalue weighted by atomic mass is 32.1. The van der Waals surface area contributed by atoms with Crippen LogP contribution in [0.5, 0.6) is 0 Å².